The number of imidazole rings is 1. The summed E-state index contributed by atoms with van der Waals surface area (Å²) in [5, 5.41) is 0. The fourth-order valence-corrected chi connectivity index (χ4v) is 1.80. The predicted octanol–water partition coefficient (Wildman–Crippen LogP) is 1.97. The highest BCUT2D eigenvalue weighted by Gasteiger charge is 2.10. The third-order valence-electron chi connectivity index (χ3n) is 2.83. The van der Waals surface area contributed by atoms with E-state index in [1.807, 2.05) is 25.1 Å². The Morgan fingerprint density at radius 1 is 1.47 bits per heavy atom. The molecular formula is C13H17N3O. The number of nitrogens with zero attached hydrogens (tertiary/aromatic N) is 1. The minimum Gasteiger partial charge on any atom is -0.496 e. The first-order valence-corrected chi connectivity index (χ1v) is 5.59. The number of nitrogens with one attached hydrogen (secondary N) is 1. The SMILES string of the molecule is COc1cc(C(N)Cc2ncc[nH]2)ccc1C. The quantitative estimate of drug-likeness (QED) is 0.845. The minimum atomic E-state index is -0.0735. The number of H-pyrrole nitrogens is 1. The number of hydrogen-bond donors (Lipinski definition) is 2. The minimum absolute atomic E-state index is 0.0735. The summed E-state index contributed by atoms with van der Waals surface area (Å²) in [6.45, 7) is 2.01. The Morgan fingerprint density at radius 2 is 2.29 bits per heavy atom. The Morgan fingerprint density at radius 3 is 2.94 bits per heavy atom. The molecule has 0 aliphatic carbocycles. The number of rotatable bonds is 4. The number of aromatic nitrogens is 2. The van der Waals surface area contributed by atoms with Gasteiger partial charge in [0.2, 0.25) is 0 Å². The highest BCUT2D eigenvalue weighted by Crippen LogP contribution is 2.23. The molecule has 4 nitrogen and oxygen atoms in total. The van der Waals surface area contributed by atoms with E-state index in [2.05, 4.69) is 9.97 Å². The van der Waals surface area contributed by atoms with Crippen LogP contribution in [0.2, 0.25) is 0 Å². The van der Waals surface area contributed by atoms with Gasteiger partial charge in [0.1, 0.15) is 11.6 Å². The second-order valence-electron chi connectivity index (χ2n) is 4.08. The molecule has 0 aliphatic heterocycles. The Labute approximate surface area is 101 Å². The standard InChI is InChI=1S/C13H17N3O/c1-9-3-4-10(7-12(9)17-2)11(14)8-13-15-5-6-16-13/h3-7,11H,8,14H2,1-2H3,(H,15,16). The summed E-state index contributed by atoms with van der Waals surface area (Å²) in [5.74, 6) is 1.77. The molecule has 1 heterocycles. The van der Waals surface area contributed by atoms with Crippen LogP contribution in [0.1, 0.15) is 23.0 Å². The Balaban J connectivity index is 2.16. The van der Waals surface area contributed by atoms with Crippen molar-refractivity contribution >= 4 is 0 Å². The van der Waals surface area contributed by atoms with Crippen LogP contribution >= 0.6 is 0 Å². The zero-order chi connectivity index (χ0) is 12.3. The molecule has 0 saturated heterocycles. The van der Waals surface area contributed by atoms with Gasteiger partial charge in [-0.1, -0.05) is 12.1 Å². The second-order valence-corrected chi connectivity index (χ2v) is 4.08. The zero-order valence-electron chi connectivity index (χ0n) is 10.1. The lowest BCUT2D eigenvalue weighted by Crippen LogP contribution is -2.14. The average Bonchev–Trinajstić information content (AvgIpc) is 2.82. The van der Waals surface area contributed by atoms with E-state index < -0.39 is 0 Å². The topological polar surface area (TPSA) is 63.9 Å². The van der Waals surface area contributed by atoms with Gasteiger partial charge in [-0.15, -0.1) is 0 Å². The van der Waals surface area contributed by atoms with E-state index in [-0.39, 0.29) is 6.04 Å². The largest absolute Gasteiger partial charge is 0.496 e. The summed E-state index contributed by atoms with van der Waals surface area (Å²) in [5.41, 5.74) is 8.32. The van der Waals surface area contributed by atoms with Crippen molar-refractivity contribution in [2.24, 2.45) is 5.73 Å². The van der Waals surface area contributed by atoms with Crippen molar-refractivity contribution in [3.8, 4) is 5.75 Å². The van der Waals surface area contributed by atoms with Gasteiger partial charge in [-0.3, -0.25) is 0 Å². The van der Waals surface area contributed by atoms with Gasteiger partial charge in [0.05, 0.1) is 7.11 Å². The van der Waals surface area contributed by atoms with Crippen LogP contribution in [0.15, 0.2) is 30.6 Å². The number of benzene rings is 1. The van der Waals surface area contributed by atoms with Gasteiger partial charge in [0.25, 0.3) is 0 Å². The van der Waals surface area contributed by atoms with Crippen molar-refractivity contribution < 1.29 is 4.74 Å². The predicted molar refractivity (Wildman–Crippen MR) is 67.0 cm³/mol. The van der Waals surface area contributed by atoms with Crippen molar-refractivity contribution in [3.63, 3.8) is 0 Å². The van der Waals surface area contributed by atoms with E-state index in [1.54, 1.807) is 19.5 Å². The molecule has 1 aromatic heterocycles. The van der Waals surface area contributed by atoms with E-state index in [0.717, 1.165) is 22.7 Å². The number of aryl methyl sites for hydroxylation is 1. The molecule has 1 unspecified atom stereocenters. The molecule has 0 bridgehead atoms. The lowest BCUT2D eigenvalue weighted by atomic mass is 10.0. The van der Waals surface area contributed by atoms with Gasteiger partial charge < -0.3 is 15.5 Å². The van der Waals surface area contributed by atoms with Gasteiger partial charge >= 0.3 is 0 Å². The van der Waals surface area contributed by atoms with E-state index in [0.29, 0.717) is 6.42 Å². The molecular weight excluding hydrogens is 214 g/mol. The van der Waals surface area contributed by atoms with Crippen molar-refractivity contribution in [2.45, 2.75) is 19.4 Å². The lowest BCUT2D eigenvalue weighted by molar-refractivity contribution is 0.410. The average molecular weight is 231 g/mol. The summed E-state index contributed by atoms with van der Waals surface area (Å²) in [6, 6.07) is 5.97. The number of nitrogens with two attached hydrogens (primary N) is 1. The fourth-order valence-electron chi connectivity index (χ4n) is 1.80. The monoisotopic (exact) mass is 231 g/mol. The van der Waals surface area contributed by atoms with Crippen LogP contribution in [0.5, 0.6) is 5.75 Å². The molecule has 4 heteroatoms. The van der Waals surface area contributed by atoms with Gasteiger partial charge in [0, 0.05) is 24.9 Å². The van der Waals surface area contributed by atoms with E-state index in [9.17, 15) is 0 Å². The maximum Gasteiger partial charge on any atom is 0.122 e. The molecule has 2 rings (SSSR count). The van der Waals surface area contributed by atoms with Crippen molar-refractivity contribution in [2.75, 3.05) is 7.11 Å². The van der Waals surface area contributed by atoms with Crippen molar-refractivity contribution in [3.05, 3.63) is 47.5 Å². The molecule has 90 valence electrons. The van der Waals surface area contributed by atoms with Crippen molar-refractivity contribution in [1.82, 2.24) is 9.97 Å². The molecule has 1 aromatic carbocycles. The Hall–Kier alpha value is -1.81. The van der Waals surface area contributed by atoms with Gasteiger partial charge in [-0.2, -0.15) is 0 Å². The highest BCUT2D eigenvalue weighted by molar-refractivity contribution is 5.37. The van der Waals surface area contributed by atoms with E-state index >= 15 is 0 Å². The molecule has 17 heavy (non-hydrogen) atoms. The van der Waals surface area contributed by atoms with Crippen LogP contribution in [0.25, 0.3) is 0 Å². The van der Waals surface area contributed by atoms with Crippen LogP contribution in [0.3, 0.4) is 0 Å². The third-order valence-corrected chi connectivity index (χ3v) is 2.83. The molecule has 0 fully saturated rings. The molecule has 1 atom stereocenters. The second kappa shape index (κ2) is 5.01. The van der Waals surface area contributed by atoms with Gasteiger partial charge in [0.15, 0.2) is 0 Å². The number of hydrogen-bond acceptors (Lipinski definition) is 3. The van der Waals surface area contributed by atoms with Gasteiger partial charge in [-0.25, -0.2) is 4.98 Å². The van der Waals surface area contributed by atoms with Crippen LogP contribution < -0.4 is 10.5 Å². The van der Waals surface area contributed by atoms with E-state index in [4.69, 9.17) is 10.5 Å². The molecule has 0 aliphatic rings. The zero-order valence-corrected chi connectivity index (χ0v) is 10.1. The first-order valence-electron chi connectivity index (χ1n) is 5.59. The summed E-state index contributed by atoms with van der Waals surface area (Å²) < 4.78 is 5.29. The van der Waals surface area contributed by atoms with Crippen LogP contribution in [-0.2, 0) is 6.42 Å². The van der Waals surface area contributed by atoms with Crippen LogP contribution in [0.4, 0.5) is 0 Å². The maximum atomic E-state index is 6.14. The van der Waals surface area contributed by atoms with Crippen LogP contribution in [0, 0.1) is 6.92 Å². The molecule has 0 saturated carbocycles. The Kier molecular flexibility index (Phi) is 3.44. The number of methoxy groups -OCH3 is 1. The lowest BCUT2D eigenvalue weighted by Gasteiger charge is -2.13. The summed E-state index contributed by atoms with van der Waals surface area (Å²) in [4.78, 5) is 7.23. The molecule has 0 spiro atoms. The van der Waals surface area contributed by atoms with E-state index in [1.165, 1.54) is 0 Å². The molecule has 2 aromatic rings. The Bertz CT molecular complexity index is 479. The summed E-state index contributed by atoms with van der Waals surface area (Å²) in [6.07, 6.45) is 4.23. The highest BCUT2D eigenvalue weighted by atomic mass is 16.5. The first-order chi connectivity index (χ1) is 8.20. The molecule has 0 amide bonds. The van der Waals surface area contributed by atoms with Crippen LogP contribution in [-0.4, -0.2) is 17.1 Å². The first kappa shape index (κ1) is 11.7. The smallest absolute Gasteiger partial charge is 0.122 e. The summed E-state index contributed by atoms with van der Waals surface area (Å²) >= 11 is 0. The summed E-state index contributed by atoms with van der Waals surface area (Å²) in [7, 11) is 1.67. The number of aromatic amines is 1. The third kappa shape index (κ3) is 2.65. The maximum absolute atomic E-state index is 6.14. The number of ether oxygens (including phenoxy) is 1. The fraction of sp³-hybridized carbons (Fsp3) is 0.308. The normalized spacial score (nSPS) is 12.4. The van der Waals surface area contributed by atoms with Gasteiger partial charge in [-0.05, 0) is 24.1 Å². The molecule has 3 N–H and O–H groups in total. The molecule has 0 radical (unpaired) electrons. The van der Waals surface area contributed by atoms with Crippen molar-refractivity contribution in [1.29, 1.82) is 0 Å².